The summed E-state index contributed by atoms with van der Waals surface area (Å²) in [5.74, 6) is 0.976. The Labute approximate surface area is 112 Å². The highest BCUT2D eigenvalue weighted by atomic mass is 32.2. The van der Waals surface area contributed by atoms with Crippen molar-refractivity contribution >= 4 is 10.0 Å². The largest absolute Gasteiger partial charge is 0.490 e. The number of benzene rings is 1. The maximum absolute atomic E-state index is 12.0. The number of hydrogen-bond acceptors (Lipinski definition) is 5. The van der Waals surface area contributed by atoms with Gasteiger partial charge in [-0.25, -0.2) is 13.1 Å². The molecule has 6 nitrogen and oxygen atoms in total. The molecule has 0 amide bonds. The fourth-order valence-corrected chi connectivity index (χ4v) is 2.76. The van der Waals surface area contributed by atoms with Crippen LogP contribution in [0, 0.1) is 0 Å². The third-order valence-corrected chi connectivity index (χ3v) is 4.02. The predicted molar refractivity (Wildman–Crippen MR) is 68.9 cm³/mol. The second kappa shape index (κ2) is 5.77. The summed E-state index contributed by atoms with van der Waals surface area (Å²) in [7, 11) is -3.65. The second-order valence-corrected chi connectivity index (χ2v) is 6.13. The number of fused-ring (bicyclic) bond motifs is 1. The van der Waals surface area contributed by atoms with Gasteiger partial charge in [0.2, 0.25) is 10.0 Å². The number of hydrogen-bond donors (Lipinski definition) is 2. The molecule has 2 N–H and O–H groups in total. The summed E-state index contributed by atoms with van der Waals surface area (Å²) >= 11 is 0. The van der Waals surface area contributed by atoms with Gasteiger partial charge < -0.3 is 14.6 Å². The monoisotopic (exact) mass is 287 g/mol. The van der Waals surface area contributed by atoms with Crippen molar-refractivity contribution in [1.82, 2.24) is 4.72 Å². The van der Waals surface area contributed by atoms with Crippen LogP contribution < -0.4 is 14.2 Å². The Morgan fingerprint density at radius 1 is 1.32 bits per heavy atom. The highest BCUT2D eigenvalue weighted by Crippen LogP contribution is 2.31. The van der Waals surface area contributed by atoms with Crippen molar-refractivity contribution in [2.75, 3.05) is 19.8 Å². The van der Waals surface area contributed by atoms with Gasteiger partial charge in [0.05, 0.1) is 24.2 Å². The summed E-state index contributed by atoms with van der Waals surface area (Å²) in [6.07, 6.45) is 0.0204. The lowest BCUT2D eigenvalue weighted by Crippen LogP contribution is -2.30. The number of nitrogens with one attached hydrogen (secondary N) is 1. The van der Waals surface area contributed by atoms with Crippen molar-refractivity contribution in [3.8, 4) is 11.5 Å². The van der Waals surface area contributed by atoms with E-state index in [0.717, 1.165) is 6.42 Å². The highest BCUT2D eigenvalue weighted by Gasteiger charge is 2.18. The lowest BCUT2D eigenvalue weighted by atomic mass is 10.3. The standard InChI is InChI=1S/C12H17NO5S/c1-9(14)8-13-19(15,16)10-3-4-11-12(7-10)18-6-2-5-17-11/h3-4,7,9,13-14H,2,5-6,8H2,1H3/t9-/m0/s1. The normalized spacial score (nSPS) is 16.7. The molecule has 0 saturated carbocycles. The molecule has 7 heteroatoms. The van der Waals surface area contributed by atoms with E-state index in [2.05, 4.69) is 4.72 Å². The molecule has 19 heavy (non-hydrogen) atoms. The summed E-state index contributed by atoms with van der Waals surface area (Å²) in [4.78, 5) is 0.0948. The Morgan fingerprint density at radius 3 is 2.68 bits per heavy atom. The molecule has 1 aromatic rings. The molecule has 106 valence electrons. The first-order valence-electron chi connectivity index (χ1n) is 6.06. The molecule has 0 saturated heterocycles. The van der Waals surface area contributed by atoms with Gasteiger partial charge in [0, 0.05) is 19.0 Å². The molecule has 0 bridgehead atoms. The first kappa shape index (κ1) is 14.1. The molecule has 1 aromatic carbocycles. The maximum Gasteiger partial charge on any atom is 0.240 e. The summed E-state index contributed by atoms with van der Waals surface area (Å²) < 4.78 is 37.2. The molecule has 2 rings (SSSR count). The van der Waals surface area contributed by atoms with Gasteiger partial charge in [0.1, 0.15) is 0 Å². The van der Waals surface area contributed by atoms with Crippen LogP contribution in [0.25, 0.3) is 0 Å². The molecule has 1 heterocycles. The zero-order chi connectivity index (χ0) is 13.9. The fourth-order valence-electron chi connectivity index (χ4n) is 1.62. The first-order valence-corrected chi connectivity index (χ1v) is 7.55. The van der Waals surface area contributed by atoms with Crippen LogP contribution in [0.4, 0.5) is 0 Å². The van der Waals surface area contributed by atoms with Crippen molar-refractivity contribution in [2.45, 2.75) is 24.3 Å². The van der Waals surface area contributed by atoms with E-state index in [1.807, 2.05) is 0 Å². The number of aliphatic hydroxyl groups excluding tert-OH is 1. The van der Waals surface area contributed by atoms with Crippen LogP contribution in [0.1, 0.15) is 13.3 Å². The van der Waals surface area contributed by atoms with Gasteiger partial charge in [0.25, 0.3) is 0 Å². The molecular formula is C12H17NO5S. The molecule has 1 aliphatic rings. The van der Waals surface area contributed by atoms with Crippen molar-refractivity contribution < 1.29 is 23.0 Å². The van der Waals surface area contributed by atoms with E-state index in [-0.39, 0.29) is 11.4 Å². The molecule has 1 atom stereocenters. The minimum Gasteiger partial charge on any atom is -0.490 e. The van der Waals surface area contributed by atoms with Gasteiger partial charge in [-0.2, -0.15) is 0 Å². The summed E-state index contributed by atoms with van der Waals surface area (Å²) in [5, 5.41) is 9.12. The van der Waals surface area contributed by atoms with Crippen LogP contribution in [0.3, 0.4) is 0 Å². The Balaban J connectivity index is 2.23. The predicted octanol–water partition coefficient (Wildman–Crippen LogP) is 0.507. The highest BCUT2D eigenvalue weighted by molar-refractivity contribution is 7.89. The lowest BCUT2D eigenvalue weighted by Gasteiger charge is -2.11. The van der Waals surface area contributed by atoms with Gasteiger partial charge in [-0.15, -0.1) is 0 Å². The van der Waals surface area contributed by atoms with Crippen LogP contribution in [0.15, 0.2) is 23.1 Å². The van der Waals surface area contributed by atoms with Crippen LogP contribution >= 0.6 is 0 Å². The van der Waals surface area contributed by atoms with Crippen LogP contribution in [-0.4, -0.2) is 39.4 Å². The minimum atomic E-state index is -3.65. The van der Waals surface area contributed by atoms with Gasteiger partial charge in [0.15, 0.2) is 11.5 Å². The first-order chi connectivity index (χ1) is 8.99. The molecule has 0 aromatic heterocycles. The summed E-state index contributed by atoms with van der Waals surface area (Å²) in [5.41, 5.74) is 0. The van der Waals surface area contributed by atoms with Crippen molar-refractivity contribution in [1.29, 1.82) is 0 Å². The van der Waals surface area contributed by atoms with Gasteiger partial charge in [-0.1, -0.05) is 0 Å². The van der Waals surface area contributed by atoms with Crippen LogP contribution in [-0.2, 0) is 10.0 Å². The smallest absolute Gasteiger partial charge is 0.240 e. The molecule has 0 unspecified atom stereocenters. The van der Waals surface area contributed by atoms with Crippen molar-refractivity contribution in [3.63, 3.8) is 0 Å². The van der Waals surface area contributed by atoms with Gasteiger partial charge >= 0.3 is 0 Å². The Hall–Kier alpha value is -1.31. The van der Waals surface area contributed by atoms with E-state index in [4.69, 9.17) is 14.6 Å². The Bertz CT molecular complexity index is 541. The van der Waals surface area contributed by atoms with Crippen LogP contribution in [0.5, 0.6) is 11.5 Å². The average molecular weight is 287 g/mol. The molecule has 1 aliphatic heterocycles. The number of rotatable bonds is 4. The third kappa shape index (κ3) is 3.59. The van der Waals surface area contributed by atoms with E-state index < -0.39 is 16.1 Å². The molecular weight excluding hydrogens is 270 g/mol. The number of aliphatic hydroxyl groups is 1. The summed E-state index contributed by atoms with van der Waals surface area (Å²) in [6.45, 7) is 2.53. The molecule has 0 fully saturated rings. The zero-order valence-corrected chi connectivity index (χ0v) is 11.4. The quantitative estimate of drug-likeness (QED) is 0.842. The average Bonchev–Trinajstić information content (AvgIpc) is 2.60. The number of sulfonamides is 1. The summed E-state index contributed by atoms with van der Waals surface area (Å²) in [6, 6.07) is 4.47. The van der Waals surface area contributed by atoms with Crippen molar-refractivity contribution in [3.05, 3.63) is 18.2 Å². The van der Waals surface area contributed by atoms with Gasteiger partial charge in [-0.05, 0) is 19.1 Å². The molecule has 0 aliphatic carbocycles. The number of ether oxygens (including phenoxy) is 2. The van der Waals surface area contributed by atoms with Gasteiger partial charge in [-0.3, -0.25) is 0 Å². The zero-order valence-electron chi connectivity index (χ0n) is 10.6. The van der Waals surface area contributed by atoms with E-state index in [9.17, 15) is 8.42 Å². The Kier molecular flexibility index (Phi) is 4.28. The van der Waals surface area contributed by atoms with E-state index in [1.54, 1.807) is 6.07 Å². The fraction of sp³-hybridized carbons (Fsp3) is 0.500. The molecule has 0 spiro atoms. The van der Waals surface area contributed by atoms with E-state index >= 15 is 0 Å². The second-order valence-electron chi connectivity index (χ2n) is 4.36. The van der Waals surface area contributed by atoms with E-state index in [1.165, 1.54) is 19.1 Å². The Morgan fingerprint density at radius 2 is 2.00 bits per heavy atom. The van der Waals surface area contributed by atoms with Crippen molar-refractivity contribution in [2.24, 2.45) is 0 Å². The van der Waals surface area contributed by atoms with E-state index in [0.29, 0.717) is 24.7 Å². The lowest BCUT2D eigenvalue weighted by molar-refractivity contribution is 0.198. The topological polar surface area (TPSA) is 84.9 Å². The van der Waals surface area contributed by atoms with Crippen LogP contribution in [0.2, 0.25) is 0 Å². The maximum atomic E-state index is 12.0. The SMILES string of the molecule is C[C@H](O)CNS(=O)(=O)c1ccc2c(c1)OCCCO2. The third-order valence-electron chi connectivity index (χ3n) is 2.60. The molecule has 0 radical (unpaired) electrons. The minimum absolute atomic E-state index is 0.0310.